The number of carbonyl (C=O) groups is 1. The number of aryl methyl sites for hydroxylation is 1. The number of likely N-dealkylation sites (tertiary alicyclic amines) is 1. The van der Waals surface area contributed by atoms with Crippen LogP contribution < -0.4 is 0 Å². The van der Waals surface area contributed by atoms with E-state index >= 15 is 0 Å². The molecular formula is C23H27FN2O3S. The third-order valence-corrected chi connectivity index (χ3v) is 8.26. The van der Waals surface area contributed by atoms with Crippen LogP contribution in [0, 0.1) is 18.7 Å². The number of rotatable bonds is 4. The molecule has 0 saturated carbocycles. The molecule has 0 bridgehead atoms. The Kier molecular flexibility index (Phi) is 5.93. The lowest BCUT2D eigenvalue weighted by Crippen LogP contribution is -2.46. The molecule has 2 heterocycles. The molecule has 30 heavy (non-hydrogen) atoms. The van der Waals surface area contributed by atoms with Crippen LogP contribution in [0.5, 0.6) is 0 Å². The van der Waals surface area contributed by atoms with Crippen molar-refractivity contribution in [3.63, 3.8) is 0 Å². The van der Waals surface area contributed by atoms with Crippen molar-refractivity contribution in [3.05, 3.63) is 65.5 Å². The zero-order valence-electron chi connectivity index (χ0n) is 17.1. The minimum Gasteiger partial charge on any atom is -0.335 e. The molecule has 0 spiro atoms. The molecule has 5 nitrogen and oxygen atoms in total. The highest BCUT2D eigenvalue weighted by molar-refractivity contribution is 7.89. The quantitative estimate of drug-likeness (QED) is 0.739. The number of sulfonamides is 1. The van der Waals surface area contributed by atoms with Crippen molar-refractivity contribution in [2.24, 2.45) is 5.92 Å². The van der Waals surface area contributed by atoms with E-state index in [0.29, 0.717) is 36.4 Å². The van der Waals surface area contributed by atoms with Crippen LogP contribution in [0.3, 0.4) is 0 Å². The maximum Gasteiger partial charge on any atom is 0.243 e. The van der Waals surface area contributed by atoms with Crippen molar-refractivity contribution in [1.82, 2.24) is 9.21 Å². The Bertz CT molecular complexity index is 1020. The van der Waals surface area contributed by atoms with Gasteiger partial charge in [-0.2, -0.15) is 4.31 Å². The van der Waals surface area contributed by atoms with Crippen LogP contribution in [0.4, 0.5) is 4.39 Å². The van der Waals surface area contributed by atoms with E-state index in [-0.39, 0.29) is 30.2 Å². The fourth-order valence-corrected chi connectivity index (χ4v) is 6.39. The fourth-order valence-electron chi connectivity index (χ4n) is 4.64. The molecule has 2 fully saturated rings. The predicted molar refractivity (Wildman–Crippen MR) is 113 cm³/mol. The highest BCUT2D eigenvalue weighted by Crippen LogP contribution is 2.35. The first-order valence-corrected chi connectivity index (χ1v) is 11.9. The van der Waals surface area contributed by atoms with Gasteiger partial charge in [0.2, 0.25) is 15.9 Å². The van der Waals surface area contributed by atoms with Crippen molar-refractivity contribution in [3.8, 4) is 0 Å². The normalized spacial score (nSPS) is 22.9. The smallest absolute Gasteiger partial charge is 0.243 e. The molecule has 2 unspecified atom stereocenters. The number of benzene rings is 2. The summed E-state index contributed by atoms with van der Waals surface area (Å²) < 4.78 is 41.1. The van der Waals surface area contributed by atoms with Gasteiger partial charge in [0.25, 0.3) is 0 Å². The second kappa shape index (κ2) is 8.47. The number of hydrogen-bond acceptors (Lipinski definition) is 3. The van der Waals surface area contributed by atoms with Crippen molar-refractivity contribution in [2.75, 3.05) is 19.6 Å². The van der Waals surface area contributed by atoms with Crippen LogP contribution in [0.1, 0.15) is 42.9 Å². The van der Waals surface area contributed by atoms with Gasteiger partial charge in [0.15, 0.2) is 0 Å². The van der Waals surface area contributed by atoms with Crippen LogP contribution >= 0.6 is 0 Å². The van der Waals surface area contributed by atoms with Gasteiger partial charge in [-0.3, -0.25) is 4.79 Å². The van der Waals surface area contributed by atoms with Crippen LogP contribution in [-0.4, -0.2) is 43.2 Å². The summed E-state index contributed by atoms with van der Waals surface area (Å²) in [6.07, 6.45) is 3.09. The van der Waals surface area contributed by atoms with Gasteiger partial charge in [0.1, 0.15) is 5.82 Å². The van der Waals surface area contributed by atoms with E-state index in [1.54, 1.807) is 37.3 Å². The Morgan fingerprint density at radius 3 is 2.43 bits per heavy atom. The van der Waals surface area contributed by atoms with Gasteiger partial charge in [0, 0.05) is 19.6 Å². The predicted octanol–water partition coefficient (Wildman–Crippen LogP) is 3.90. The Hall–Kier alpha value is -2.25. The molecule has 4 rings (SSSR count). The lowest BCUT2D eigenvalue weighted by molar-refractivity contribution is -0.137. The van der Waals surface area contributed by atoms with Crippen molar-refractivity contribution in [2.45, 2.75) is 43.5 Å². The number of piperidine rings is 1. The Morgan fingerprint density at radius 1 is 1.00 bits per heavy atom. The molecule has 2 aliphatic heterocycles. The second-order valence-electron chi connectivity index (χ2n) is 8.21. The summed E-state index contributed by atoms with van der Waals surface area (Å²) in [5, 5.41) is 0. The monoisotopic (exact) mass is 430 g/mol. The van der Waals surface area contributed by atoms with Crippen molar-refractivity contribution < 1.29 is 17.6 Å². The largest absolute Gasteiger partial charge is 0.335 e. The Balaban J connectivity index is 1.52. The van der Waals surface area contributed by atoms with Gasteiger partial charge in [-0.15, -0.1) is 0 Å². The number of hydrogen-bond donors (Lipinski definition) is 0. The summed E-state index contributed by atoms with van der Waals surface area (Å²) in [5.41, 5.74) is 1.64. The molecule has 160 valence electrons. The van der Waals surface area contributed by atoms with Crippen molar-refractivity contribution in [1.29, 1.82) is 0 Å². The lowest BCUT2D eigenvalue weighted by atomic mass is 9.96. The zero-order chi connectivity index (χ0) is 21.3. The van der Waals surface area contributed by atoms with Crippen molar-refractivity contribution >= 4 is 15.9 Å². The second-order valence-corrected chi connectivity index (χ2v) is 10.1. The van der Waals surface area contributed by atoms with Gasteiger partial charge in [-0.05, 0) is 61.9 Å². The summed E-state index contributed by atoms with van der Waals surface area (Å²) in [6.45, 7) is 3.09. The molecule has 2 aliphatic rings. The molecule has 1 amide bonds. The van der Waals surface area contributed by atoms with E-state index in [1.807, 2.05) is 11.0 Å². The molecular weight excluding hydrogens is 403 g/mol. The third-order valence-electron chi connectivity index (χ3n) is 6.24. The number of amides is 1. The average Bonchev–Trinajstić information content (AvgIpc) is 3.24. The topological polar surface area (TPSA) is 57.7 Å². The number of halogens is 1. The molecule has 0 aromatic heterocycles. The van der Waals surface area contributed by atoms with Gasteiger partial charge >= 0.3 is 0 Å². The lowest BCUT2D eigenvalue weighted by Gasteiger charge is -2.35. The third kappa shape index (κ3) is 4.01. The first-order chi connectivity index (χ1) is 14.4. The summed E-state index contributed by atoms with van der Waals surface area (Å²) in [7, 11) is -3.63. The minimum atomic E-state index is -3.63. The SMILES string of the molecule is Cc1ccccc1S(=O)(=O)N1CCCC(C(=O)N2CCCC2c2ccc(F)cc2)C1. The van der Waals surface area contributed by atoms with E-state index in [0.717, 1.165) is 18.4 Å². The van der Waals surface area contributed by atoms with Gasteiger partial charge in [0.05, 0.1) is 16.9 Å². The summed E-state index contributed by atoms with van der Waals surface area (Å²) in [6, 6.07) is 13.2. The molecule has 0 aliphatic carbocycles. The zero-order valence-corrected chi connectivity index (χ0v) is 17.9. The Labute approximate surface area is 177 Å². The van der Waals surface area contributed by atoms with Gasteiger partial charge < -0.3 is 4.90 Å². The van der Waals surface area contributed by atoms with E-state index in [2.05, 4.69) is 0 Å². The van der Waals surface area contributed by atoms with E-state index in [9.17, 15) is 17.6 Å². The van der Waals surface area contributed by atoms with Crippen LogP contribution in [0.15, 0.2) is 53.4 Å². The number of carbonyl (C=O) groups excluding carboxylic acids is 1. The fraction of sp³-hybridized carbons (Fsp3) is 0.435. The first kappa shape index (κ1) is 21.0. The van der Waals surface area contributed by atoms with E-state index in [4.69, 9.17) is 0 Å². The molecule has 0 N–H and O–H groups in total. The molecule has 7 heteroatoms. The molecule has 2 atom stereocenters. The van der Waals surface area contributed by atoms with E-state index < -0.39 is 10.0 Å². The molecule has 2 saturated heterocycles. The summed E-state index contributed by atoms with van der Waals surface area (Å²) in [5.74, 6) is -0.635. The van der Waals surface area contributed by atoms with Crippen LogP contribution in [-0.2, 0) is 14.8 Å². The molecule has 2 aromatic rings. The number of nitrogens with zero attached hydrogens (tertiary/aromatic N) is 2. The van der Waals surface area contributed by atoms with E-state index in [1.165, 1.54) is 16.4 Å². The van der Waals surface area contributed by atoms with Crippen LogP contribution in [0.25, 0.3) is 0 Å². The van der Waals surface area contributed by atoms with Gasteiger partial charge in [-0.1, -0.05) is 30.3 Å². The average molecular weight is 431 g/mol. The summed E-state index contributed by atoms with van der Waals surface area (Å²) in [4.78, 5) is 15.5. The van der Waals surface area contributed by atoms with Crippen LogP contribution in [0.2, 0.25) is 0 Å². The maximum atomic E-state index is 13.4. The Morgan fingerprint density at radius 2 is 1.70 bits per heavy atom. The first-order valence-electron chi connectivity index (χ1n) is 10.5. The minimum absolute atomic E-state index is 0.00603. The molecule has 2 aromatic carbocycles. The van der Waals surface area contributed by atoms with Gasteiger partial charge in [-0.25, -0.2) is 12.8 Å². The summed E-state index contributed by atoms with van der Waals surface area (Å²) >= 11 is 0. The molecule has 0 radical (unpaired) electrons. The maximum absolute atomic E-state index is 13.4. The highest BCUT2D eigenvalue weighted by Gasteiger charge is 2.38. The standard InChI is InChI=1S/C23H27FN2O3S/c1-17-6-2-3-9-22(17)30(28,29)25-14-4-7-19(16-25)23(27)26-15-5-8-21(26)18-10-12-20(24)13-11-18/h2-3,6,9-13,19,21H,4-5,7-8,14-16H2,1H3. The highest BCUT2D eigenvalue weighted by atomic mass is 32.2.